The monoisotopic (exact) mass is 448 g/mol. The van der Waals surface area contributed by atoms with E-state index >= 15 is 0 Å². The van der Waals surface area contributed by atoms with Gasteiger partial charge in [-0.1, -0.05) is 24.3 Å². The van der Waals surface area contributed by atoms with Crippen LogP contribution in [0.15, 0.2) is 24.3 Å². The number of cyclic esters (lactones) is 1. The summed E-state index contributed by atoms with van der Waals surface area (Å²) in [6.07, 6.45) is -0.966. The number of hydrogen-bond donors (Lipinski definition) is 2. The Hall–Kier alpha value is -2.63. The molecule has 2 aliphatic rings. The first-order valence-electron chi connectivity index (χ1n) is 10.2. The molecule has 2 saturated heterocycles. The quantitative estimate of drug-likeness (QED) is 0.687. The van der Waals surface area contributed by atoms with Crippen molar-refractivity contribution >= 4 is 29.0 Å². The Morgan fingerprint density at radius 3 is 2.77 bits per heavy atom. The van der Waals surface area contributed by atoms with Crippen molar-refractivity contribution in [1.82, 2.24) is 20.4 Å². The maximum absolute atomic E-state index is 14.2. The van der Waals surface area contributed by atoms with Crippen molar-refractivity contribution in [3.63, 3.8) is 0 Å². The average molecular weight is 449 g/mol. The summed E-state index contributed by atoms with van der Waals surface area (Å²) in [4.78, 5) is 29.0. The lowest BCUT2D eigenvalue weighted by molar-refractivity contribution is -0.127. The van der Waals surface area contributed by atoms with Crippen LogP contribution in [0, 0.1) is 11.7 Å². The summed E-state index contributed by atoms with van der Waals surface area (Å²) in [7, 11) is 0. The third-order valence-corrected chi connectivity index (χ3v) is 6.98. The number of halogens is 1. The number of primary amides is 1. The van der Waals surface area contributed by atoms with Gasteiger partial charge in [0.2, 0.25) is 5.91 Å². The molecule has 2 amide bonds. The molecule has 2 aliphatic heterocycles. The second-order valence-electron chi connectivity index (χ2n) is 7.63. The molecule has 1 aromatic heterocycles. The smallest absolute Gasteiger partial charge is 0.416 e. The van der Waals surface area contributed by atoms with E-state index in [0.717, 1.165) is 5.01 Å². The maximum Gasteiger partial charge on any atom is 0.416 e. The fourth-order valence-corrected chi connectivity index (χ4v) is 5.27. The Labute approximate surface area is 183 Å². The summed E-state index contributed by atoms with van der Waals surface area (Å²) in [5, 5.41) is 13.3. The maximum atomic E-state index is 14.2. The predicted molar refractivity (Wildman–Crippen MR) is 113 cm³/mol. The van der Waals surface area contributed by atoms with Crippen molar-refractivity contribution in [1.29, 1.82) is 0 Å². The third-order valence-electron chi connectivity index (χ3n) is 5.80. The molecule has 3 unspecified atom stereocenters. The summed E-state index contributed by atoms with van der Waals surface area (Å²) in [5.74, 6) is -1.90. The zero-order valence-electron chi connectivity index (χ0n) is 17.4. The summed E-state index contributed by atoms with van der Waals surface area (Å²) >= 11 is 1.36. The highest BCUT2D eigenvalue weighted by Crippen LogP contribution is 2.49. The van der Waals surface area contributed by atoms with E-state index in [-0.39, 0.29) is 0 Å². The van der Waals surface area contributed by atoms with Gasteiger partial charge in [0, 0.05) is 26.2 Å². The first-order valence-corrected chi connectivity index (χ1v) is 11.1. The molecule has 166 valence electrons. The topological polar surface area (TPSA) is 114 Å². The number of amides is 2. The van der Waals surface area contributed by atoms with Crippen molar-refractivity contribution in [2.45, 2.75) is 32.0 Å². The van der Waals surface area contributed by atoms with Crippen molar-refractivity contribution in [2.75, 3.05) is 31.1 Å². The van der Waals surface area contributed by atoms with Crippen molar-refractivity contribution < 1.29 is 18.7 Å². The second kappa shape index (κ2) is 8.48. The standard InChI is InChI=1S/C20H25FN6O3S/c1-3-15-24-25-18(31-15)20(26-9-7-23-8-10-26)16(12(2)17(22)28)30-19(29)27(20)14-6-4-5-13(21)11-14/h4-6,11-12,16,23H,3,7-10H2,1-2H3,(H2,22,28). The predicted octanol–water partition coefficient (Wildman–Crippen LogP) is 1.44. The number of piperazine rings is 1. The van der Waals surface area contributed by atoms with E-state index in [4.69, 9.17) is 10.5 Å². The number of anilines is 1. The van der Waals surface area contributed by atoms with Gasteiger partial charge in [-0.2, -0.15) is 0 Å². The number of aryl methyl sites for hydroxylation is 1. The molecular formula is C20H25FN6O3S. The van der Waals surface area contributed by atoms with E-state index in [1.807, 2.05) is 6.92 Å². The molecule has 0 spiro atoms. The number of nitrogens with two attached hydrogens (primary N) is 1. The molecule has 9 nitrogen and oxygen atoms in total. The van der Waals surface area contributed by atoms with Crippen LogP contribution in [-0.2, 0) is 21.6 Å². The average Bonchev–Trinajstić information content (AvgIpc) is 3.36. The Morgan fingerprint density at radius 1 is 1.42 bits per heavy atom. The molecule has 11 heteroatoms. The minimum Gasteiger partial charge on any atom is -0.440 e. The lowest BCUT2D eigenvalue weighted by atomic mass is 9.88. The van der Waals surface area contributed by atoms with Gasteiger partial charge in [-0.3, -0.25) is 9.69 Å². The van der Waals surface area contributed by atoms with Gasteiger partial charge in [0.15, 0.2) is 16.8 Å². The molecular weight excluding hydrogens is 423 g/mol. The molecule has 4 rings (SSSR count). The SMILES string of the molecule is CCc1nnc(C2(N3CCNCC3)C(C(C)C(N)=O)OC(=O)N2c2cccc(F)c2)s1. The minimum absolute atomic E-state index is 0.316. The minimum atomic E-state index is -1.29. The largest absolute Gasteiger partial charge is 0.440 e. The molecule has 3 N–H and O–H groups in total. The van der Waals surface area contributed by atoms with Crippen molar-refractivity contribution in [3.8, 4) is 0 Å². The first-order chi connectivity index (χ1) is 14.9. The van der Waals surface area contributed by atoms with Gasteiger partial charge in [-0.05, 0) is 31.5 Å². The van der Waals surface area contributed by atoms with Gasteiger partial charge in [-0.15, -0.1) is 10.2 Å². The van der Waals surface area contributed by atoms with E-state index in [0.29, 0.717) is 43.3 Å². The molecule has 0 saturated carbocycles. The van der Waals surface area contributed by atoms with Crippen LogP contribution in [0.1, 0.15) is 23.9 Å². The van der Waals surface area contributed by atoms with E-state index in [1.165, 1.54) is 34.4 Å². The van der Waals surface area contributed by atoms with Crippen molar-refractivity contribution in [3.05, 3.63) is 40.1 Å². The summed E-state index contributed by atoms with van der Waals surface area (Å²) in [5.41, 5.74) is 4.69. The number of aromatic nitrogens is 2. The molecule has 3 heterocycles. The zero-order valence-corrected chi connectivity index (χ0v) is 18.2. The molecule has 2 aromatic rings. The Bertz CT molecular complexity index is 981. The zero-order chi connectivity index (χ0) is 22.2. The molecule has 31 heavy (non-hydrogen) atoms. The number of benzene rings is 1. The lowest BCUT2D eigenvalue weighted by Crippen LogP contribution is -2.66. The number of ether oxygens (including phenoxy) is 1. The highest BCUT2D eigenvalue weighted by Gasteiger charge is 2.64. The molecule has 1 aromatic carbocycles. The summed E-state index contributed by atoms with van der Waals surface area (Å²) in [6, 6.07) is 5.75. The van der Waals surface area contributed by atoms with Crippen LogP contribution in [0.5, 0.6) is 0 Å². The van der Waals surface area contributed by atoms with E-state index in [9.17, 15) is 14.0 Å². The van der Waals surface area contributed by atoms with Crippen LogP contribution in [-0.4, -0.2) is 59.4 Å². The Balaban J connectivity index is 1.99. The van der Waals surface area contributed by atoms with Crippen molar-refractivity contribution in [2.24, 2.45) is 11.7 Å². The highest BCUT2D eigenvalue weighted by molar-refractivity contribution is 7.11. The fraction of sp³-hybridized carbons (Fsp3) is 0.500. The molecule has 0 radical (unpaired) electrons. The highest BCUT2D eigenvalue weighted by atomic mass is 32.1. The first kappa shape index (κ1) is 21.6. The number of carbonyl (C=O) groups excluding carboxylic acids is 2. The Kier molecular flexibility index (Phi) is 5.91. The van der Waals surface area contributed by atoms with Gasteiger partial charge in [0.25, 0.3) is 0 Å². The van der Waals surface area contributed by atoms with Crippen LogP contribution >= 0.6 is 11.3 Å². The molecule has 0 bridgehead atoms. The van der Waals surface area contributed by atoms with Crippen LogP contribution in [0.2, 0.25) is 0 Å². The number of hydrogen-bond acceptors (Lipinski definition) is 8. The third kappa shape index (κ3) is 3.56. The Morgan fingerprint density at radius 2 is 2.16 bits per heavy atom. The number of nitrogens with one attached hydrogen (secondary N) is 1. The van der Waals surface area contributed by atoms with Crippen LogP contribution < -0.4 is 16.0 Å². The summed E-state index contributed by atoms with van der Waals surface area (Å²) in [6.45, 7) is 6.06. The van der Waals surface area contributed by atoms with Crippen LogP contribution in [0.4, 0.5) is 14.9 Å². The van der Waals surface area contributed by atoms with Crippen LogP contribution in [0.25, 0.3) is 0 Å². The normalized spacial score (nSPS) is 25.5. The van der Waals surface area contributed by atoms with Gasteiger partial charge >= 0.3 is 6.09 Å². The van der Waals surface area contributed by atoms with E-state index in [2.05, 4.69) is 20.4 Å². The van der Waals surface area contributed by atoms with E-state index in [1.54, 1.807) is 13.0 Å². The molecule has 0 aliphatic carbocycles. The number of rotatable bonds is 6. The second-order valence-corrected chi connectivity index (χ2v) is 8.69. The van der Waals surface area contributed by atoms with E-state index < -0.39 is 35.5 Å². The van der Waals surface area contributed by atoms with Gasteiger partial charge in [0.05, 0.1) is 11.6 Å². The van der Waals surface area contributed by atoms with Gasteiger partial charge < -0.3 is 15.8 Å². The molecule has 3 atom stereocenters. The number of nitrogens with zero attached hydrogens (tertiary/aromatic N) is 4. The fourth-order valence-electron chi connectivity index (χ4n) is 4.25. The van der Waals surface area contributed by atoms with Crippen LogP contribution in [0.3, 0.4) is 0 Å². The lowest BCUT2D eigenvalue weighted by Gasteiger charge is -2.48. The number of carbonyl (C=O) groups is 2. The van der Waals surface area contributed by atoms with Gasteiger partial charge in [-0.25, -0.2) is 14.1 Å². The van der Waals surface area contributed by atoms with Gasteiger partial charge in [0.1, 0.15) is 10.8 Å². The molecule has 2 fully saturated rings. The summed E-state index contributed by atoms with van der Waals surface area (Å²) < 4.78 is 20.0.